The molecule has 154 valence electrons. The van der Waals surface area contributed by atoms with Gasteiger partial charge in [0.1, 0.15) is 11.4 Å². The number of anilines is 2. The Hall–Kier alpha value is -3.21. The summed E-state index contributed by atoms with van der Waals surface area (Å²) in [6, 6.07) is 8.00. The van der Waals surface area contributed by atoms with Crippen LogP contribution in [-0.2, 0) is 10.0 Å². The van der Waals surface area contributed by atoms with E-state index in [1.807, 2.05) is 0 Å². The Labute approximate surface area is 167 Å². The molecule has 0 radical (unpaired) electrons. The lowest BCUT2D eigenvalue weighted by Gasteiger charge is -2.28. The number of hydrogen-bond acceptors (Lipinski definition) is 7. The molecule has 0 amide bonds. The van der Waals surface area contributed by atoms with Crippen molar-refractivity contribution >= 4 is 32.8 Å². The molecular weight excluding hydrogens is 400 g/mol. The first-order valence-corrected chi connectivity index (χ1v) is 10.5. The van der Waals surface area contributed by atoms with E-state index >= 15 is 0 Å². The summed E-state index contributed by atoms with van der Waals surface area (Å²) in [5, 5.41) is 23.0. The Morgan fingerprint density at radius 2 is 1.52 bits per heavy atom. The van der Waals surface area contributed by atoms with Gasteiger partial charge in [-0.3, -0.25) is 25.0 Å². The van der Waals surface area contributed by atoms with Crippen LogP contribution in [-0.4, -0.2) is 31.4 Å². The van der Waals surface area contributed by atoms with E-state index in [1.54, 1.807) is 24.0 Å². The second-order valence-corrected chi connectivity index (χ2v) is 8.52. The average molecular weight is 420 g/mol. The van der Waals surface area contributed by atoms with Gasteiger partial charge >= 0.3 is 0 Å². The van der Waals surface area contributed by atoms with E-state index in [4.69, 9.17) is 0 Å². The Balaban J connectivity index is 2.09. The van der Waals surface area contributed by atoms with Gasteiger partial charge in [0.15, 0.2) is 0 Å². The lowest BCUT2D eigenvalue weighted by molar-refractivity contribution is -0.393. The molecule has 0 bridgehead atoms. The number of nitro groups is 2. The molecule has 1 heterocycles. The van der Waals surface area contributed by atoms with Crippen molar-refractivity contribution in [2.24, 2.45) is 0 Å². The minimum atomic E-state index is -4.11. The van der Waals surface area contributed by atoms with E-state index in [2.05, 4.69) is 4.72 Å². The summed E-state index contributed by atoms with van der Waals surface area (Å²) in [4.78, 5) is 23.2. The van der Waals surface area contributed by atoms with E-state index in [-0.39, 0.29) is 16.3 Å². The molecule has 11 heteroatoms. The summed E-state index contributed by atoms with van der Waals surface area (Å²) in [6.45, 7) is 2.92. The smallest absolute Gasteiger partial charge is 0.300 e. The van der Waals surface area contributed by atoms with Gasteiger partial charge in [0.25, 0.3) is 21.4 Å². The van der Waals surface area contributed by atoms with E-state index in [9.17, 15) is 28.6 Å². The van der Waals surface area contributed by atoms with Crippen LogP contribution in [0.4, 0.5) is 22.7 Å². The number of hydrogen-bond donors (Lipinski definition) is 1. The van der Waals surface area contributed by atoms with E-state index < -0.39 is 31.2 Å². The van der Waals surface area contributed by atoms with Gasteiger partial charge in [-0.15, -0.1) is 0 Å². The molecule has 0 aliphatic carbocycles. The van der Waals surface area contributed by atoms with Gasteiger partial charge in [-0.2, -0.15) is 0 Å². The Morgan fingerprint density at radius 1 is 0.931 bits per heavy atom. The number of sulfonamides is 1. The number of aryl methyl sites for hydroxylation is 1. The lowest BCUT2D eigenvalue weighted by atomic mass is 10.1. The average Bonchev–Trinajstić information content (AvgIpc) is 2.68. The molecule has 10 nitrogen and oxygen atoms in total. The second-order valence-electron chi connectivity index (χ2n) is 6.84. The zero-order valence-electron chi connectivity index (χ0n) is 15.7. The Bertz CT molecular complexity index is 1050. The summed E-state index contributed by atoms with van der Waals surface area (Å²) < 4.78 is 27.7. The molecule has 0 atom stereocenters. The zero-order chi connectivity index (χ0) is 21.2. The summed E-state index contributed by atoms with van der Waals surface area (Å²) >= 11 is 0. The Kier molecular flexibility index (Phi) is 5.69. The number of nitro benzene ring substituents is 2. The van der Waals surface area contributed by atoms with E-state index in [1.165, 1.54) is 18.2 Å². The number of piperidine rings is 1. The van der Waals surface area contributed by atoms with Gasteiger partial charge in [-0.25, -0.2) is 8.42 Å². The van der Waals surface area contributed by atoms with Crippen molar-refractivity contribution in [2.45, 2.75) is 31.1 Å². The molecule has 1 aliphatic heterocycles. The van der Waals surface area contributed by atoms with Crippen LogP contribution in [0.3, 0.4) is 0 Å². The first-order chi connectivity index (χ1) is 13.7. The van der Waals surface area contributed by atoms with Crippen molar-refractivity contribution in [1.29, 1.82) is 0 Å². The number of nitrogens with one attached hydrogen (secondary N) is 1. The maximum absolute atomic E-state index is 12.7. The highest BCUT2D eigenvalue weighted by atomic mass is 32.2. The van der Waals surface area contributed by atoms with Crippen molar-refractivity contribution in [3.8, 4) is 0 Å². The van der Waals surface area contributed by atoms with Crippen LogP contribution < -0.4 is 9.62 Å². The van der Waals surface area contributed by atoms with Crippen LogP contribution in [0.2, 0.25) is 0 Å². The molecule has 2 aromatic rings. The summed E-state index contributed by atoms with van der Waals surface area (Å²) in [5.74, 6) is 0. The largest absolute Gasteiger partial charge is 0.366 e. The summed E-state index contributed by atoms with van der Waals surface area (Å²) in [5.41, 5.74) is -0.369. The quantitative estimate of drug-likeness (QED) is 0.557. The van der Waals surface area contributed by atoms with Crippen molar-refractivity contribution in [1.82, 2.24) is 0 Å². The number of nitrogens with zero attached hydrogens (tertiary/aromatic N) is 3. The third-order valence-corrected chi connectivity index (χ3v) is 6.14. The minimum absolute atomic E-state index is 0.0599. The molecule has 3 rings (SSSR count). The summed E-state index contributed by atoms with van der Waals surface area (Å²) in [6.07, 6.45) is 2.65. The number of rotatable bonds is 6. The van der Waals surface area contributed by atoms with Crippen LogP contribution in [0.15, 0.2) is 41.3 Å². The molecule has 1 fully saturated rings. The predicted octanol–water partition coefficient (Wildman–Crippen LogP) is 3.60. The van der Waals surface area contributed by atoms with E-state index in [0.29, 0.717) is 13.1 Å². The van der Waals surface area contributed by atoms with Gasteiger partial charge in [0.05, 0.1) is 20.8 Å². The molecule has 0 unspecified atom stereocenters. The van der Waals surface area contributed by atoms with Gasteiger partial charge in [0.2, 0.25) is 0 Å². The summed E-state index contributed by atoms with van der Waals surface area (Å²) in [7, 11) is -4.11. The normalized spacial score (nSPS) is 14.4. The lowest BCUT2D eigenvalue weighted by Crippen LogP contribution is -2.30. The molecule has 1 N–H and O–H groups in total. The van der Waals surface area contributed by atoms with Gasteiger partial charge in [-0.05, 0) is 44.4 Å². The van der Waals surface area contributed by atoms with Crippen molar-refractivity contribution in [3.05, 3.63) is 62.2 Å². The molecular formula is C18H20N4O6S. The molecule has 1 saturated heterocycles. The van der Waals surface area contributed by atoms with Gasteiger partial charge < -0.3 is 4.90 Å². The van der Waals surface area contributed by atoms with Crippen LogP contribution >= 0.6 is 0 Å². The topological polar surface area (TPSA) is 136 Å². The fourth-order valence-corrected chi connectivity index (χ4v) is 4.32. The third kappa shape index (κ3) is 4.45. The standard InChI is InChI=1S/C18H20N4O6S/c1-13-5-7-14(8-6-13)29(27,28)19-15-11-17(20-9-3-2-4-10-20)18(22(25)26)12-16(15)21(23)24/h5-8,11-12,19H,2-4,9-10H2,1H3. The fourth-order valence-electron chi connectivity index (χ4n) is 3.25. The second kappa shape index (κ2) is 8.03. The number of benzene rings is 2. The van der Waals surface area contributed by atoms with Crippen molar-refractivity contribution in [3.63, 3.8) is 0 Å². The van der Waals surface area contributed by atoms with Crippen molar-refractivity contribution in [2.75, 3.05) is 22.7 Å². The van der Waals surface area contributed by atoms with E-state index in [0.717, 1.165) is 30.9 Å². The first kappa shape index (κ1) is 20.5. The maximum atomic E-state index is 12.7. The monoisotopic (exact) mass is 420 g/mol. The van der Waals surface area contributed by atoms with Crippen LogP contribution in [0.1, 0.15) is 24.8 Å². The highest BCUT2D eigenvalue weighted by molar-refractivity contribution is 7.92. The van der Waals surface area contributed by atoms with Gasteiger partial charge in [0, 0.05) is 13.1 Å². The van der Waals surface area contributed by atoms with Crippen LogP contribution in [0.5, 0.6) is 0 Å². The molecule has 0 spiro atoms. The molecule has 29 heavy (non-hydrogen) atoms. The third-order valence-electron chi connectivity index (χ3n) is 4.76. The zero-order valence-corrected chi connectivity index (χ0v) is 16.5. The Morgan fingerprint density at radius 3 is 2.07 bits per heavy atom. The first-order valence-electron chi connectivity index (χ1n) is 9.00. The van der Waals surface area contributed by atoms with Crippen molar-refractivity contribution < 1.29 is 18.3 Å². The molecule has 2 aromatic carbocycles. The molecule has 0 saturated carbocycles. The predicted molar refractivity (Wildman–Crippen MR) is 108 cm³/mol. The van der Waals surface area contributed by atoms with Crippen LogP contribution in [0.25, 0.3) is 0 Å². The van der Waals surface area contributed by atoms with Crippen LogP contribution in [0, 0.1) is 27.2 Å². The highest BCUT2D eigenvalue weighted by Gasteiger charge is 2.30. The molecule has 1 aliphatic rings. The SMILES string of the molecule is Cc1ccc(S(=O)(=O)Nc2cc(N3CCCCC3)c([N+](=O)[O-])cc2[N+](=O)[O-])cc1. The highest BCUT2D eigenvalue weighted by Crippen LogP contribution is 2.39. The maximum Gasteiger partial charge on any atom is 0.300 e. The van der Waals surface area contributed by atoms with Gasteiger partial charge in [-0.1, -0.05) is 17.7 Å². The fraction of sp³-hybridized carbons (Fsp3) is 0.333. The molecule has 0 aromatic heterocycles. The minimum Gasteiger partial charge on any atom is -0.366 e.